The van der Waals surface area contributed by atoms with Gasteiger partial charge in [0.1, 0.15) is 29.4 Å². The smallest absolute Gasteiger partial charge is 0.261 e. The van der Waals surface area contributed by atoms with Crippen molar-refractivity contribution in [1.82, 2.24) is 18.4 Å². The molecule has 0 radical (unpaired) electrons. The number of hydrogen-bond donors (Lipinski definition) is 0. The van der Waals surface area contributed by atoms with Crippen molar-refractivity contribution < 1.29 is 40.6 Å². The standard InChI is InChI=1S/C38H40Cl2N4O9S2/c1-51-35-23-27(24-36(52-2)37(35)38(46)42-17-21-44(22-18-42)55(49,50)31-13-9-29(40)10-14-31)26-53-34-6-4-3-5-32(34)33(45)25-41-15-19-43(20-16-41)54(47,48)30-11-7-28(39)8-12-30/h3-14,23-24H,15-22,25-26H2,1-2H3. The van der Waals surface area contributed by atoms with Crippen LogP contribution in [0.4, 0.5) is 0 Å². The summed E-state index contributed by atoms with van der Waals surface area (Å²) in [6, 6.07) is 22.2. The minimum Gasteiger partial charge on any atom is -0.496 e. The maximum absolute atomic E-state index is 13.8. The number of rotatable bonds is 13. The highest BCUT2D eigenvalue weighted by Crippen LogP contribution is 2.33. The fraction of sp³-hybridized carbons (Fsp3) is 0.316. The van der Waals surface area contributed by atoms with Crippen LogP contribution < -0.4 is 14.2 Å². The van der Waals surface area contributed by atoms with Crippen molar-refractivity contribution >= 4 is 54.9 Å². The predicted octanol–water partition coefficient (Wildman–Crippen LogP) is 4.93. The van der Waals surface area contributed by atoms with Crippen LogP contribution in [0.5, 0.6) is 17.2 Å². The Hall–Kier alpha value is -4.22. The minimum absolute atomic E-state index is 0.0218. The zero-order valence-corrected chi connectivity index (χ0v) is 33.3. The summed E-state index contributed by atoms with van der Waals surface area (Å²) >= 11 is 11.9. The molecule has 0 spiro atoms. The Balaban J connectivity index is 1.08. The van der Waals surface area contributed by atoms with Crippen molar-refractivity contribution in [2.75, 3.05) is 73.1 Å². The lowest BCUT2D eigenvalue weighted by atomic mass is 10.1. The number of amides is 1. The molecule has 0 aliphatic carbocycles. The van der Waals surface area contributed by atoms with E-state index >= 15 is 0 Å². The summed E-state index contributed by atoms with van der Waals surface area (Å²) in [6.07, 6.45) is 0. The van der Waals surface area contributed by atoms with Gasteiger partial charge in [0.2, 0.25) is 20.0 Å². The number of methoxy groups -OCH3 is 2. The van der Waals surface area contributed by atoms with Gasteiger partial charge in [0, 0.05) is 62.4 Å². The van der Waals surface area contributed by atoms with Gasteiger partial charge >= 0.3 is 0 Å². The van der Waals surface area contributed by atoms with E-state index in [2.05, 4.69) is 0 Å². The number of hydrogen-bond acceptors (Lipinski definition) is 10. The Morgan fingerprint density at radius 3 is 1.60 bits per heavy atom. The van der Waals surface area contributed by atoms with Gasteiger partial charge in [0.05, 0.1) is 36.1 Å². The summed E-state index contributed by atoms with van der Waals surface area (Å²) in [7, 11) is -4.57. The highest BCUT2D eigenvalue weighted by Gasteiger charge is 2.33. The number of Topliss-reactive ketones (excluding diaryl/α,β-unsaturated/α-hetero) is 1. The molecule has 0 aromatic heterocycles. The molecule has 2 heterocycles. The van der Waals surface area contributed by atoms with E-state index in [1.807, 2.05) is 4.90 Å². The zero-order chi connectivity index (χ0) is 39.3. The van der Waals surface area contributed by atoms with Crippen LogP contribution >= 0.6 is 23.2 Å². The lowest BCUT2D eigenvalue weighted by molar-refractivity contribution is 0.0690. The molecule has 4 aromatic rings. The number of para-hydroxylation sites is 1. The van der Waals surface area contributed by atoms with Crippen molar-refractivity contribution in [2.45, 2.75) is 16.4 Å². The molecule has 4 aromatic carbocycles. The van der Waals surface area contributed by atoms with E-state index in [9.17, 15) is 26.4 Å². The van der Waals surface area contributed by atoms with E-state index in [1.54, 1.807) is 53.4 Å². The molecule has 1 amide bonds. The fourth-order valence-electron chi connectivity index (χ4n) is 6.46. The van der Waals surface area contributed by atoms with Crippen LogP contribution in [-0.2, 0) is 26.7 Å². The van der Waals surface area contributed by atoms with Crippen LogP contribution in [0.25, 0.3) is 0 Å². The molecule has 2 fully saturated rings. The topological polar surface area (TPSA) is 143 Å². The van der Waals surface area contributed by atoms with Gasteiger partial charge < -0.3 is 19.1 Å². The summed E-state index contributed by atoms with van der Waals surface area (Å²) in [5, 5.41) is 0.883. The van der Waals surface area contributed by atoms with Crippen molar-refractivity contribution in [3.63, 3.8) is 0 Å². The highest BCUT2D eigenvalue weighted by atomic mass is 35.5. The number of benzene rings is 4. The molecule has 6 rings (SSSR count). The van der Waals surface area contributed by atoms with Gasteiger partial charge in [-0.2, -0.15) is 8.61 Å². The summed E-state index contributed by atoms with van der Waals surface area (Å²) < 4.78 is 72.7. The average molecular weight is 832 g/mol. The lowest BCUT2D eigenvalue weighted by Crippen LogP contribution is -2.50. The van der Waals surface area contributed by atoms with Gasteiger partial charge in [-0.05, 0) is 78.4 Å². The minimum atomic E-state index is -3.76. The molecule has 2 saturated heterocycles. The van der Waals surface area contributed by atoms with Crippen molar-refractivity contribution in [2.24, 2.45) is 0 Å². The Bertz CT molecular complexity index is 2220. The maximum Gasteiger partial charge on any atom is 0.261 e. The van der Waals surface area contributed by atoms with E-state index in [4.69, 9.17) is 37.4 Å². The van der Waals surface area contributed by atoms with Crippen LogP contribution in [-0.4, -0.2) is 120 Å². The molecule has 0 unspecified atom stereocenters. The third-order valence-corrected chi connectivity index (χ3v) is 13.8. The van der Waals surface area contributed by atoms with E-state index in [0.29, 0.717) is 40.0 Å². The second-order valence-electron chi connectivity index (χ2n) is 12.9. The molecule has 292 valence electrons. The molecule has 17 heteroatoms. The number of sulfonamides is 2. The number of ether oxygens (including phenoxy) is 3. The molecular formula is C38H40Cl2N4O9S2. The number of halogens is 2. The Morgan fingerprint density at radius 2 is 1.11 bits per heavy atom. The summed E-state index contributed by atoms with van der Waals surface area (Å²) in [4.78, 5) is 31.1. The van der Waals surface area contributed by atoms with Gasteiger partial charge in [0.25, 0.3) is 5.91 Å². The molecule has 0 saturated carbocycles. The molecule has 13 nitrogen and oxygen atoms in total. The van der Waals surface area contributed by atoms with E-state index in [0.717, 1.165) is 0 Å². The van der Waals surface area contributed by atoms with Gasteiger partial charge in [-0.25, -0.2) is 16.8 Å². The first-order valence-corrected chi connectivity index (χ1v) is 21.0. The first-order chi connectivity index (χ1) is 26.3. The third kappa shape index (κ3) is 9.10. The van der Waals surface area contributed by atoms with Crippen LogP contribution in [0.1, 0.15) is 26.3 Å². The van der Waals surface area contributed by atoms with Gasteiger partial charge in [0.15, 0.2) is 5.78 Å². The summed E-state index contributed by atoms with van der Waals surface area (Å²) in [5.74, 6) is 0.313. The Labute approximate surface area is 331 Å². The summed E-state index contributed by atoms with van der Waals surface area (Å²) in [5.41, 5.74) is 1.19. The number of ketones is 1. The normalized spacial score (nSPS) is 16.1. The van der Waals surface area contributed by atoms with Crippen LogP contribution in [0.2, 0.25) is 10.0 Å². The SMILES string of the molecule is COc1cc(COc2ccccc2C(=O)CN2CCN(S(=O)(=O)c3ccc(Cl)cc3)CC2)cc(OC)c1C(=O)N1CCN(S(=O)(=O)c2ccc(Cl)cc2)CC1. The monoisotopic (exact) mass is 830 g/mol. The van der Waals surface area contributed by atoms with Gasteiger partial charge in [-0.3, -0.25) is 14.5 Å². The van der Waals surface area contributed by atoms with Gasteiger partial charge in [-0.1, -0.05) is 35.3 Å². The highest BCUT2D eigenvalue weighted by molar-refractivity contribution is 7.89. The number of carbonyl (C=O) groups excluding carboxylic acids is 2. The van der Waals surface area contributed by atoms with Crippen LogP contribution in [0, 0.1) is 0 Å². The fourth-order valence-corrected chi connectivity index (χ4v) is 9.56. The number of nitrogens with zero attached hydrogens (tertiary/aromatic N) is 4. The van der Waals surface area contributed by atoms with E-state index < -0.39 is 20.0 Å². The van der Waals surface area contributed by atoms with Gasteiger partial charge in [-0.15, -0.1) is 0 Å². The molecule has 0 atom stereocenters. The molecular weight excluding hydrogens is 791 g/mol. The molecule has 2 aliphatic heterocycles. The predicted molar refractivity (Wildman–Crippen MR) is 207 cm³/mol. The molecule has 2 aliphatic rings. The maximum atomic E-state index is 13.8. The average Bonchev–Trinajstić information content (AvgIpc) is 3.20. The largest absolute Gasteiger partial charge is 0.496 e. The van der Waals surface area contributed by atoms with Crippen molar-refractivity contribution in [3.05, 3.63) is 112 Å². The molecule has 0 N–H and O–H groups in total. The third-order valence-electron chi connectivity index (χ3n) is 9.49. The zero-order valence-electron chi connectivity index (χ0n) is 30.2. The molecule has 55 heavy (non-hydrogen) atoms. The van der Waals surface area contributed by atoms with Crippen molar-refractivity contribution in [3.8, 4) is 17.2 Å². The number of piperazine rings is 2. The quantitative estimate of drug-likeness (QED) is 0.170. The second-order valence-corrected chi connectivity index (χ2v) is 17.6. The first kappa shape index (κ1) is 40.4. The first-order valence-electron chi connectivity index (χ1n) is 17.3. The molecule has 0 bridgehead atoms. The van der Waals surface area contributed by atoms with Crippen LogP contribution in [0.15, 0.2) is 94.7 Å². The van der Waals surface area contributed by atoms with Crippen molar-refractivity contribution in [1.29, 1.82) is 0 Å². The summed E-state index contributed by atoms with van der Waals surface area (Å²) in [6.45, 7) is 1.86. The lowest BCUT2D eigenvalue weighted by Gasteiger charge is -2.34. The van der Waals surface area contributed by atoms with E-state index in [1.165, 1.54) is 59.2 Å². The Morgan fingerprint density at radius 1 is 0.636 bits per heavy atom. The van der Waals surface area contributed by atoms with Crippen LogP contribution in [0.3, 0.4) is 0 Å². The Kier molecular flexibility index (Phi) is 12.7. The number of carbonyl (C=O) groups is 2. The van der Waals surface area contributed by atoms with E-state index in [-0.39, 0.29) is 91.0 Å². The second kappa shape index (κ2) is 17.3.